The molecule has 2 aliphatic rings. The molecule has 7 heteroatoms. The summed E-state index contributed by atoms with van der Waals surface area (Å²) in [5.74, 6) is 1.35. The molecule has 186 valence electrons. The van der Waals surface area contributed by atoms with Gasteiger partial charge in [-0.1, -0.05) is 42.5 Å². The predicted octanol–water partition coefficient (Wildman–Crippen LogP) is 5.08. The van der Waals surface area contributed by atoms with Gasteiger partial charge in [-0.15, -0.1) is 0 Å². The van der Waals surface area contributed by atoms with Crippen LogP contribution in [0.5, 0.6) is 5.75 Å². The fraction of sp³-hybridized carbons (Fsp3) is 0.379. The molecular formula is C29H33N5O2. The van der Waals surface area contributed by atoms with Crippen molar-refractivity contribution in [2.75, 3.05) is 32.0 Å². The molecule has 0 unspecified atom stereocenters. The molecule has 0 spiro atoms. The van der Waals surface area contributed by atoms with Crippen molar-refractivity contribution in [3.05, 3.63) is 72.7 Å². The average molecular weight is 484 g/mol. The number of fused-ring (bicyclic) bond motifs is 1. The zero-order chi connectivity index (χ0) is 24.3. The van der Waals surface area contributed by atoms with Crippen LogP contribution in [0.4, 0.5) is 5.82 Å². The van der Waals surface area contributed by atoms with Crippen LogP contribution in [0.1, 0.15) is 37.3 Å². The van der Waals surface area contributed by atoms with Crippen LogP contribution < -0.4 is 10.5 Å². The molecule has 2 aromatic carbocycles. The lowest BCUT2D eigenvalue weighted by molar-refractivity contribution is 0.00558. The Hall–Kier alpha value is -3.42. The zero-order valence-electron chi connectivity index (χ0n) is 20.6. The lowest BCUT2D eigenvalue weighted by Crippen LogP contribution is -2.45. The Morgan fingerprint density at radius 2 is 1.69 bits per heavy atom. The molecule has 7 nitrogen and oxygen atoms in total. The number of nitrogen functional groups attached to an aromatic ring is 1. The molecule has 2 fully saturated rings. The Morgan fingerprint density at radius 3 is 2.50 bits per heavy atom. The van der Waals surface area contributed by atoms with Gasteiger partial charge in [0.2, 0.25) is 0 Å². The van der Waals surface area contributed by atoms with E-state index in [2.05, 4.69) is 49.9 Å². The first-order valence-corrected chi connectivity index (χ1v) is 13.0. The van der Waals surface area contributed by atoms with Gasteiger partial charge < -0.3 is 19.8 Å². The highest BCUT2D eigenvalue weighted by molar-refractivity contribution is 6.00. The Morgan fingerprint density at radius 1 is 0.917 bits per heavy atom. The molecule has 36 heavy (non-hydrogen) atoms. The Bertz CT molecular complexity index is 1310. The second kappa shape index (κ2) is 10.3. The molecular weight excluding hydrogens is 450 g/mol. The van der Waals surface area contributed by atoms with Crippen LogP contribution in [-0.4, -0.2) is 51.8 Å². The van der Waals surface area contributed by atoms with Crippen LogP contribution in [0.2, 0.25) is 0 Å². The van der Waals surface area contributed by atoms with Gasteiger partial charge in [0.05, 0.1) is 18.6 Å². The standard InChI is InChI=1S/C29H33N5O2/c30-28-27-26(22-7-4-8-25(17-22)36-19-21-5-2-1-3-6-21)18-34(29(27)32-20-31-28)24-11-9-23(10-12-24)33-13-15-35-16-14-33/h1-8,17-18,20,23-24H,9-16,19H2,(H2,30,31,32)/t23-,24-. The number of benzene rings is 2. The highest BCUT2D eigenvalue weighted by Gasteiger charge is 2.29. The molecule has 1 saturated carbocycles. The molecule has 1 saturated heterocycles. The van der Waals surface area contributed by atoms with Gasteiger partial charge in [-0.25, -0.2) is 9.97 Å². The predicted molar refractivity (Wildman–Crippen MR) is 142 cm³/mol. The largest absolute Gasteiger partial charge is 0.489 e. The minimum atomic E-state index is 0.408. The van der Waals surface area contributed by atoms with Crippen molar-refractivity contribution in [2.45, 2.75) is 44.4 Å². The Balaban J connectivity index is 1.26. The molecule has 0 amide bonds. The molecule has 6 rings (SSSR count). The lowest BCUT2D eigenvalue weighted by atomic mass is 9.90. The smallest absolute Gasteiger partial charge is 0.146 e. The topological polar surface area (TPSA) is 78.4 Å². The van der Waals surface area contributed by atoms with Crippen molar-refractivity contribution in [3.63, 3.8) is 0 Å². The Kier molecular flexibility index (Phi) is 6.57. The van der Waals surface area contributed by atoms with E-state index in [9.17, 15) is 0 Å². The van der Waals surface area contributed by atoms with Crippen LogP contribution in [0, 0.1) is 0 Å². The van der Waals surface area contributed by atoms with Crippen molar-refractivity contribution >= 4 is 16.9 Å². The van der Waals surface area contributed by atoms with Crippen molar-refractivity contribution in [2.24, 2.45) is 0 Å². The molecule has 2 N–H and O–H groups in total. The van der Waals surface area contributed by atoms with Gasteiger partial charge in [-0.2, -0.15) is 0 Å². The summed E-state index contributed by atoms with van der Waals surface area (Å²) in [4.78, 5) is 11.6. The van der Waals surface area contributed by atoms with Gasteiger partial charge in [-0.05, 0) is 48.9 Å². The minimum Gasteiger partial charge on any atom is -0.489 e. The molecule has 3 heterocycles. The number of hydrogen-bond donors (Lipinski definition) is 1. The van der Waals surface area contributed by atoms with Gasteiger partial charge in [0.1, 0.15) is 30.1 Å². The number of anilines is 1. The van der Waals surface area contributed by atoms with E-state index in [1.165, 1.54) is 12.8 Å². The number of nitrogens with two attached hydrogens (primary N) is 1. The fourth-order valence-electron chi connectivity index (χ4n) is 5.74. The number of rotatable bonds is 6. The summed E-state index contributed by atoms with van der Waals surface area (Å²) in [5, 5.41) is 0.924. The van der Waals surface area contributed by atoms with E-state index in [-0.39, 0.29) is 0 Å². The molecule has 1 aliphatic carbocycles. The first kappa shape index (κ1) is 23.0. The maximum Gasteiger partial charge on any atom is 0.146 e. The van der Waals surface area contributed by atoms with Crippen LogP contribution in [-0.2, 0) is 11.3 Å². The van der Waals surface area contributed by atoms with Crippen molar-refractivity contribution in [1.29, 1.82) is 0 Å². The summed E-state index contributed by atoms with van der Waals surface area (Å²) in [6, 6.07) is 19.5. The maximum absolute atomic E-state index is 6.42. The molecule has 0 atom stereocenters. The molecule has 0 radical (unpaired) electrons. The quantitative estimate of drug-likeness (QED) is 0.412. The van der Waals surface area contributed by atoms with Crippen LogP contribution in [0.25, 0.3) is 22.2 Å². The highest BCUT2D eigenvalue weighted by Crippen LogP contribution is 2.39. The average Bonchev–Trinajstić information content (AvgIpc) is 3.34. The summed E-state index contributed by atoms with van der Waals surface area (Å²) in [7, 11) is 0. The van der Waals surface area contributed by atoms with Crippen molar-refractivity contribution < 1.29 is 9.47 Å². The third-order valence-electron chi connectivity index (χ3n) is 7.65. The summed E-state index contributed by atoms with van der Waals surface area (Å²) in [6.45, 7) is 4.35. The van der Waals surface area contributed by atoms with Crippen LogP contribution in [0.3, 0.4) is 0 Å². The number of ether oxygens (including phenoxy) is 2. The van der Waals surface area contributed by atoms with Crippen molar-refractivity contribution in [3.8, 4) is 16.9 Å². The summed E-state index contributed by atoms with van der Waals surface area (Å²) in [6.07, 6.45) is 8.47. The summed E-state index contributed by atoms with van der Waals surface area (Å²) >= 11 is 0. The molecule has 0 bridgehead atoms. The zero-order valence-corrected chi connectivity index (χ0v) is 20.6. The number of morpholine rings is 1. The van der Waals surface area contributed by atoms with Gasteiger partial charge in [0, 0.05) is 36.9 Å². The van der Waals surface area contributed by atoms with E-state index in [1.54, 1.807) is 6.33 Å². The van der Waals surface area contributed by atoms with E-state index in [1.807, 2.05) is 30.3 Å². The SMILES string of the molecule is Nc1ncnc2c1c(-c1cccc(OCc3ccccc3)c1)cn2[C@H]1CC[C@H](N2CCOCC2)CC1. The van der Waals surface area contributed by atoms with E-state index < -0.39 is 0 Å². The van der Waals surface area contributed by atoms with E-state index >= 15 is 0 Å². The third-order valence-corrected chi connectivity index (χ3v) is 7.65. The van der Waals surface area contributed by atoms with E-state index in [4.69, 9.17) is 15.2 Å². The highest BCUT2D eigenvalue weighted by atomic mass is 16.5. The molecule has 2 aromatic heterocycles. The Labute approximate surface area is 211 Å². The van der Waals surface area contributed by atoms with Crippen LogP contribution >= 0.6 is 0 Å². The molecule has 1 aliphatic heterocycles. The van der Waals surface area contributed by atoms with Crippen molar-refractivity contribution in [1.82, 2.24) is 19.4 Å². The number of aromatic nitrogens is 3. The number of hydrogen-bond acceptors (Lipinski definition) is 6. The monoisotopic (exact) mass is 483 g/mol. The maximum atomic E-state index is 6.42. The van der Waals surface area contributed by atoms with E-state index in [0.29, 0.717) is 24.5 Å². The third kappa shape index (κ3) is 4.68. The minimum absolute atomic E-state index is 0.408. The van der Waals surface area contributed by atoms with Gasteiger partial charge in [0.25, 0.3) is 0 Å². The van der Waals surface area contributed by atoms with E-state index in [0.717, 1.165) is 72.6 Å². The summed E-state index contributed by atoms with van der Waals surface area (Å²) in [5.41, 5.74) is 10.6. The molecule has 4 aromatic rings. The van der Waals surface area contributed by atoms with Gasteiger partial charge in [-0.3, -0.25) is 4.90 Å². The van der Waals surface area contributed by atoms with Gasteiger partial charge >= 0.3 is 0 Å². The lowest BCUT2D eigenvalue weighted by Gasteiger charge is -2.39. The number of nitrogens with zero attached hydrogens (tertiary/aromatic N) is 4. The summed E-state index contributed by atoms with van der Waals surface area (Å²) < 4.78 is 14.0. The normalized spacial score (nSPS) is 21.0. The fourth-order valence-corrected chi connectivity index (χ4v) is 5.74. The second-order valence-corrected chi connectivity index (χ2v) is 9.82. The van der Waals surface area contributed by atoms with Gasteiger partial charge in [0.15, 0.2) is 0 Å². The van der Waals surface area contributed by atoms with Crippen LogP contribution in [0.15, 0.2) is 67.1 Å². The first-order valence-electron chi connectivity index (χ1n) is 13.0. The first-order chi connectivity index (χ1) is 17.8. The second-order valence-electron chi connectivity index (χ2n) is 9.82.